The molecule has 4 aliphatic heterocycles. The number of carbonyl (C=O) groups is 11. The van der Waals surface area contributed by atoms with Crippen molar-refractivity contribution in [1.82, 2.24) is 0 Å². The van der Waals surface area contributed by atoms with Gasteiger partial charge in [-0.2, -0.15) is 0 Å². The minimum absolute atomic E-state index is 0.00274. The maximum atomic E-state index is 13.4. The molecule has 4 fully saturated rings. The Morgan fingerprint density at radius 3 is 0.824 bits per heavy atom. The Hall–Kier alpha value is -8.61. The molecule has 0 unspecified atom stereocenters. The quantitative estimate of drug-likeness (QED) is 0.0383. The number of ether oxygens (including phenoxy) is 22. The van der Waals surface area contributed by atoms with E-state index in [0.717, 1.165) is 118 Å². The molecule has 0 aliphatic carbocycles. The molecule has 0 N–H and O–H groups in total. The first-order valence-electron chi connectivity index (χ1n) is 35.5. The van der Waals surface area contributed by atoms with Crippen molar-refractivity contribution in [2.75, 3.05) is 39.6 Å². The fourth-order valence-corrected chi connectivity index (χ4v) is 12.5. The van der Waals surface area contributed by atoms with Gasteiger partial charge in [0.15, 0.2) is 80.1 Å². The summed E-state index contributed by atoms with van der Waals surface area (Å²) < 4.78 is 135. The SMILES string of the molecule is CC(=O)OCCCCCCCCO[C@H]1O[C@H](CO[C@@H]2O[C@H](CO[C@@H]3O[C@H](CO[C@@H]4O[C@H](COC(C)=O)[C@@H](OC(C)=O)[C@H](OC(C)=O)[C@H]4OC(C)=O)[C@@H](OC(C)=O)[C@H](OC(C)=O)[C@H]3OC(C)=O)[C@@H](OC(C)=O)[C@H](OC(C)=O)[C@H]2OC(C)=O)[C@@H](OCc2ccccc2)[C@H](OCc2ccccc2)[C@H]1OCc1ccccc1. The average Bonchev–Trinajstić information content (AvgIpc) is 0.784. The third-order valence-electron chi connectivity index (χ3n) is 16.8. The number of carbonyl (C=O) groups excluding carboxylic acids is 11. The van der Waals surface area contributed by atoms with Gasteiger partial charge in [-0.15, -0.1) is 0 Å². The summed E-state index contributed by atoms with van der Waals surface area (Å²) in [5.41, 5.74) is 2.39. The van der Waals surface area contributed by atoms with E-state index in [1.807, 2.05) is 91.0 Å². The summed E-state index contributed by atoms with van der Waals surface area (Å²) in [6.45, 7) is 9.33. The highest BCUT2D eigenvalue weighted by Gasteiger charge is 2.59. The van der Waals surface area contributed by atoms with Crippen LogP contribution in [0.25, 0.3) is 0 Å². The van der Waals surface area contributed by atoms with Crippen LogP contribution in [0.15, 0.2) is 91.0 Å². The van der Waals surface area contributed by atoms with Crippen LogP contribution in [0.1, 0.15) is 131 Å². The monoisotopic (exact) mass is 1530 g/mol. The summed E-state index contributed by atoms with van der Waals surface area (Å²) in [7, 11) is 0. The molecule has 3 aromatic carbocycles. The van der Waals surface area contributed by atoms with Gasteiger partial charge in [0, 0.05) is 82.8 Å². The maximum Gasteiger partial charge on any atom is 0.303 e. The topological polar surface area (TPSA) is 391 Å². The van der Waals surface area contributed by atoms with Gasteiger partial charge in [-0.3, -0.25) is 52.7 Å². The van der Waals surface area contributed by atoms with E-state index in [2.05, 4.69) is 0 Å². The minimum Gasteiger partial charge on any atom is -0.466 e. The zero-order valence-electron chi connectivity index (χ0n) is 62.3. The van der Waals surface area contributed by atoms with Crippen molar-refractivity contribution in [1.29, 1.82) is 0 Å². The molecule has 33 heteroatoms. The summed E-state index contributed by atoms with van der Waals surface area (Å²) in [5.74, 6) is -9.94. The Morgan fingerprint density at radius 2 is 0.500 bits per heavy atom. The Kier molecular flexibility index (Phi) is 35.4. The molecule has 0 bridgehead atoms. The lowest BCUT2D eigenvalue weighted by Gasteiger charge is -2.48. The molecule has 7 rings (SSSR count). The van der Waals surface area contributed by atoms with Crippen LogP contribution in [-0.4, -0.2) is 228 Å². The molecule has 0 amide bonds. The van der Waals surface area contributed by atoms with Gasteiger partial charge >= 0.3 is 65.7 Å². The first-order chi connectivity index (χ1) is 51.6. The van der Waals surface area contributed by atoms with Gasteiger partial charge in [-0.05, 0) is 29.5 Å². The Morgan fingerprint density at radius 1 is 0.241 bits per heavy atom. The van der Waals surface area contributed by atoms with Crippen molar-refractivity contribution in [2.45, 2.75) is 257 Å². The molecular formula is C75H98O33. The zero-order chi connectivity index (χ0) is 78.4. The highest BCUT2D eigenvalue weighted by Crippen LogP contribution is 2.38. The summed E-state index contributed by atoms with van der Waals surface area (Å²) in [4.78, 5) is 141. The smallest absolute Gasteiger partial charge is 0.303 e. The molecule has 4 saturated heterocycles. The molecule has 4 heterocycles. The van der Waals surface area contributed by atoms with E-state index in [0.29, 0.717) is 13.0 Å². The predicted octanol–water partition coefficient (Wildman–Crippen LogP) is 5.56. The van der Waals surface area contributed by atoms with Gasteiger partial charge in [-0.25, -0.2) is 0 Å². The summed E-state index contributed by atoms with van der Waals surface area (Å²) in [5, 5.41) is 0. The van der Waals surface area contributed by atoms with Gasteiger partial charge in [0.25, 0.3) is 0 Å². The van der Waals surface area contributed by atoms with Gasteiger partial charge in [0.1, 0.15) is 49.3 Å². The number of hydrogen-bond acceptors (Lipinski definition) is 33. The van der Waals surface area contributed by atoms with Crippen molar-refractivity contribution in [2.24, 2.45) is 0 Å². The number of rotatable bonds is 39. The van der Waals surface area contributed by atoms with Gasteiger partial charge in [0.2, 0.25) is 0 Å². The molecule has 0 saturated carbocycles. The lowest BCUT2D eigenvalue weighted by atomic mass is 9.96. The first kappa shape index (κ1) is 86.6. The Balaban J connectivity index is 1.27. The molecule has 0 radical (unpaired) electrons. The van der Waals surface area contributed by atoms with Crippen molar-refractivity contribution < 1.29 is 157 Å². The van der Waals surface area contributed by atoms with Crippen LogP contribution in [0, 0.1) is 0 Å². The molecule has 0 aromatic heterocycles. The lowest BCUT2D eigenvalue weighted by Crippen LogP contribution is -2.66. The summed E-state index contributed by atoms with van der Waals surface area (Å²) in [6.07, 6.45) is -27.4. The number of benzene rings is 3. The van der Waals surface area contributed by atoms with E-state index >= 15 is 0 Å². The predicted molar refractivity (Wildman–Crippen MR) is 364 cm³/mol. The largest absolute Gasteiger partial charge is 0.466 e. The minimum atomic E-state index is -1.98. The highest BCUT2D eigenvalue weighted by molar-refractivity contribution is 5.71. The van der Waals surface area contributed by atoms with Gasteiger partial charge in [0.05, 0.1) is 46.2 Å². The van der Waals surface area contributed by atoms with E-state index in [-0.39, 0.29) is 32.4 Å². The molecule has 4 aliphatic rings. The normalized spacial score (nSPS) is 28.1. The Bertz CT molecular complexity index is 3380. The van der Waals surface area contributed by atoms with E-state index in [1.165, 1.54) is 6.92 Å². The third-order valence-corrected chi connectivity index (χ3v) is 16.8. The van der Waals surface area contributed by atoms with Crippen LogP contribution < -0.4 is 0 Å². The molecule has 20 atom stereocenters. The second-order valence-corrected chi connectivity index (χ2v) is 25.8. The second-order valence-electron chi connectivity index (χ2n) is 25.8. The van der Waals surface area contributed by atoms with Crippen LogP contribution in [0.2, 0.25) is 0 Å². The van der Waals surface area contributed by atoms with Crippen molar-refractivity contribution in [3.63, 3.8) is 0 Å². The van der Waals surface area contributed by atoms with Gasteiger partial charge < -0.3 is 104 Å². The lowest BCUT2D eigenvalue weighted by molar-refractivity contribution is -0.354. The molecule has 33 nitrogen and oxygen atoms in total. The van der Waals surface area contributed by atoms with Crippen LogP contribution in [0.4, 0.5) is 0 Å². The third kappa shape index (κ3) is 28.1. The summed E-state index contributed by atoms with van der Waals surface area (Å²) in [6, 6.07) is 28.1. The van der Waals surface area contributed by atoms with Crippen LogP contribution in [-0.2, 0) is 177 Å². The van der Waals surface area contributed by atoms with Crippen molar-refractivity contribution in [3.05, 3.63) is 108 Å². The fraction of sp³-hybridized carbons (Fsp3) is 0.613. The van der Waals surface area contributed by atoms with E-state index in [9.17, 15) is 52.7 Å². The standard InChI is InChI=1S/C75H98O33/c1-42(76)87-33-25-14-12-13-15-26-34-88-72-68(92-37-55-31-23-18-24-32-55)64(91-36-54-29-21-17-22-30-54)60(90-35-53-27-19-16-20-28-53)56(105-72)39-93-73-70(103-51(10)85)66(100-48(7)82)62(97-45(4)79)58(107-73)41-95-75-71(104-52(11)86)67(101-49(8)83)63(98-46(5)80)59(108-75)40-94-74-69(102-50(9)84)65(99-47(6)81)61(96-44(3)78)57(106-74)38-89-43(2)77/h16-24,27-32,56-75H,12-15,25-26,33-41H2,1-11H3/t56-,57-,58-,59-,60-,61-,62-,63-,64+,65+,66+,67+,68-,69-,70-,71-,72+,73-,74-,75-/m1/s1. The number of unbranched alkanes of at least 4 members (excludes halogenated alkanes) is 5. The number of hydrogen-bond donors (Lipinski definition) is 0. The van der Waals surface area contributed by atoms with Crippen LogP contribution in [0.5, 0.6) is 0 Å². The first-order valence-corrected chi connectivity index (χ1v) is 35.5. The van der Waals surface area contributed by atoms with E-state index in [4.69, 9.17) is 104 Å². The van der Waals surface area contributed by atoms with Crippen molar-refractivity contribution >= 4 is 65.7 Å². The molecule has 108 heavy (non-hydrogen) atoms. The zero-order valence-corrected chi connectivity index (χ0v) is 62.3. The van der Waals surface area contributed by atoms with E-state index < -0.39 is 209 Å². The molecule has 596 valence electrons. The average molecular weight is 1530 g/mol. The van der Waals surface area contributed by atoms with E-state index in [1.54, 1.807) is 0 Å². The van der Waals surface area contributed by atoms with Crippen LogP contribution >= 0.6 is 0 Å². The van der Waals surface area contributed by atoms with Crippen molar-refractivity contribution in [3.8, 4) is 0 Å². The fourth-order valence-electron chi connectivity index (χ4n) is 12.5. The molecule has 0 spiro atoms. The number of esters is 11. The summed E-state index contributed by atoms with van der Waals surface area (Å²) >= 11 is 0. The molecule has 3 aromatic rings. The molecular weight excluding hydrogens is 1430 g/mol. The second kappa shape index (κ2) is 44.1. The van der Waals surface area contributed by atoms with Crippen LogP contribution in [0.3, 0.4) is 0 Å². The van der Waals surface area contributed by atoms with Gasteiger partial charge in [-0.1, -0.05) is 117 Å². The highest BCUT2D eigenvalue weighted by atomic mass is 16.8. The maximum absolute atomic E-state index is 13.4. The Labute approximate surface area is 625 Å².